The number of halogens is 3. The van der Waals surface area contributed by atoms with E-state index >= 15 is 0 Å². The fourth-order valence-electron chi connectivity index (χ4n) is 1.13. The van der Waals surface area contributed by atoms with Gasteiger partial charge in [0.1, 0.15) is 17.3 Å². The summed E-state index contributed by atoms with van der Waals surface area (Å²) in [4.78, 5) is 7.77. The van der Waals surface area contributed by atoms with E-state index in [0.717, 1.165) is 0 Å². The molecule has 0 aliphatic carbocycles. The van der Waals surface area contributed by atoms with E-state index < -0.39 is 0 Å². The molecular weight excluding hydrogens is 268 g/mol. The van der Waals surface area contributed by atoms with Gasteiger partial charge >= 0.3 is 0 Å². The van der Waals surface area contributed by atoms with Gasteiger partial charge < -0.3 is 5.32 Å². The third-order valence-electron chi connectivity index (χ3n) is 1.82. The van der Waals surface area contributed by atoms with Crippen LogP contribution in [0, 0.1) is 0 Å². The van der Waals surface area contributed by atoms with Crippen LogP contribution in [0.1, 0.15) is 0 Å². The van der Waals surface area contributed by atoms with Crippen molar-refractivity contribution in [3.8, 4) is 0 Å². The highest BCUT2D eigenvalue weighted by Gasteiger charge is 2.03. The second kappa shape index (κ2) is 4.87. The lowest BCUT2D eigenvalue weighted by atomic mass is 10.3. The molecule has 2 rings (SSSR count). The molecule has 0 bridgehead atoms. The summed E-state index contributed by atoms with van der Waals surface area (Å²) in [6, 6.07) is 6.72. The minimum Gasteiger partial charge on any atom is -0.339 e. The number of rotatable bonds is 2. The zero-order valence-electron chi connectivity index (χ0n) is 7.92. The van der Waals surface area contributed by atoms with E-state index in [0.29, 0.717) is 26.7 Å². The average molecular weight is 275 g/mol. The molecule has 0 unspecified atom stereocenters. The van der Waals surface area contributed by atoms with E-state index in [1.807, 2.05) is 0 Å². The van der Waals surface area contributed by atoms with Crippen LogP contribution in [-0.4, -0.2) is 9.97 Å². The standard InChI is InChI=1S/C10H6Cl3N3/c11-6-1-2-7(12)8(3-6)16-10-4-9(13)14-5-15-10/h1-5H,(H,14,15,16). The first-order chi connectivity index (χ1) is 7.65. The summed E-state index contributed by atoms with van der Waals surface area (Å²) in [5.41, 5.74) is 0.670. The molecule has 3 nitrogen and oxygen atoms in total. The number of nitrogens with zero attached hydrogens (tertiary/aromatic N) is 2. The fourth-order valence-corrected chi connectivity index (χ4v) is 1.62. The molecule has 1 N–H and O–H groups in total. The van der Waals surface area contributed by atoms with Crippen molar-refractivity contribution in [3.63, 3.8) is 0 Å². The van der Waals surface area contributed by atoms with Gasteiger partial charge in [0.15, 0.2) is 0 Å². The van der Waals surface area contributed by atoms with Crippen molar-refractivity contribution in [3.05, 3.63) is 45.8 Å². The first-order valence-corrected chi connectivity index (χ1v) is 5.48. The van der Waals surface area contributed by atoms with Gasteiger partial charge in [-0.3, -0.25) is 0 Å². The third kappa shape index (κ3) is 2.76. The molecule has 1 aromatic heterocycles. The molecule has 0 radical (unpaired) electrons. The van der Waals surface area contributed by atoms with Gasteiger partial charge in [0.25, 0.3) is 0 Å². The van der Waals surface area contributed by atoms with Gasteiger partial charge in [0, 0.05) is 11.1 Å². The van der Waals surface area contributed by atoms with Crippen molar-refractivity contribution < 1.29 is 0 Å². The van der Waals surface area contributed by atoms with E-state index in [1.165, 1.54) is 6.33 Å². The number of hydrogen-bond acceptors (Lipinski definition) is 3. The molecule has 82 valence electrons. The average Bonchev–Trinajstić information content (AvgIpc) is 2.24. The topological polar surface area (TPSA) is 37.8 Å². The van der Waals surface area contributed by atoms with Crippen LogP contribution < -0.4 is 5.32 Å². The number of nitrogens with one attached hydrogen (secondary N) is 1. The lowest BCUT2D eigenvalue weighted by Crippen LogP contribution is -1.94. The van der Waals surface area contributed by atoms with Gasteiger partial charge in [0.05, 0.1) is 10.7 Å². The van der Waals surface area contributed by atoms with Crippen molar-refractivity contribution in [2.75, 3.05) is 5.32 Å². The van der Waals surface area contributed by atoms with Gasteiger partial charge in [-0.1, -0.05) is 34.8 Å². The second-order valence-electron chi connectivity index (χ2n) is 2.98. The molecular formula is C10H6Cl3N3. The first-order valence-electron chi connectivity index (χ1n) is 4.35. The highest BCUT2D eigenvalue weighted by atomic mass is 35.5. The van der Waals surface area contributed by atoms with Crippen molar-refractivity contribution in [1.29, 1.82) is 0 Å². The van der Waals surface area contributed by atoms with E-state index in [2.05, 4.69) is 15.3 Å². The highest BCUT2D eigenvalue weighted by molar-refractivity contribution is 6.35. The van der Waals surface area contributed by atoms with Crippen LogP contribution in [-0.2, 0) is 0 Å². The Morgan fingerprint density at radius 2 is 1.81 bits per heavy atom. The molecule has 1 heterocycles. The summed E-state index contributed by atoms with van der Waals surface area (Å²) in [6.45, 7) is 0. The van der Waals surface area contributed by atoms with Crippen molar-refractivity contribution in [1.82, 2.24) is 9.97 Å². The number of hydrogen-bond donors (Lipinski definition) is 1. The SMILES string of the molecule is Clc1ccc(Cl)c(Nc2cc(Cl)ncn2)c1. The molecule has 0 aliphatic heterocycles. The molecule has 0 aliphatic rings. The third-order valence-corrected chi connectivity index (χ3v) is 2.60. The van der Waals surface area contributed by atoms with Gasteiger partial charge in [-0.15, -0.1) is 0 Å². The Labute approximate surface area is 107 Å². The van der Waals surface area contributed by atoms with E-state index in [9.17, 15) is 0 Å². The number of aromatic nitrogens is 2. The minimum absolute atomic E-state index is 0.357. The van der Waals surface area contributed by atoms with Gasteiger partial charge in [-0.25, -0.2) is 9.97 Å². The van der Waals surface area contributed by atoms with Crippen LogP contribution in [0.4, 0.5) is 11.5 Å². The Morgan fingerprint density at radius 1 is 1.00 bits per heavy atom. The van der Waals surface area contributed by atoms with E-state index in [1.54, 1.807) is 24.3 Å². The zero-order valence-corrected chi connectivity index (χ0v) is 10.2. The quantitative estimate of drug-likeness (QED) is 0.835. The smallest absolute Gasteiger partial charge is 0.135 e. The normalized spacial score (nSPS) is 10.2. The van der Waals surface area contributed by atoms with Crippen LogP contribution >= 0.6 is 34.8 Å². The predicted octanol–water partition coefficient (Wildman–Crippen LogP) is 4.18. The number of anilines is 2. The largest absolute Gasteiger partial charge is 0.339 e. The maximum absolute atomic E-state index is 5.99. The lowest BCUT2D eigenvalue weighted by molar-refractivity contribution is 1.17. The molecule has 16 heavy (non-hydrogen) atoms. The summed E-state index contributed by atoms with van der Waals surface area (Å²) < 4.78 is 0. The minimum atomic E-state index is 0.357. The van der Waals surface area contributed by atoms with Crippen molar-refractivity contribution in [2.45, 2.75) is 0 Å². The van der Waals surface area contributed by atoms with Gasteiger partial charge in [0.2, 0.25) is 0 Å². The molecule has 0 spiro atoms. The summed E-state index contributed by atoms with van der Waals surface area (Å²) in [5, 5.41) is 4.50. The predicted molar refractivity (Wildman–Crippen MR) is 66.8 cm³/mol. The number of benzene rings is 1. The fraction of sp³-hybridized carbons (Fsp3) is 0. The first kappa shape index (κ1) is 11.5. The maximum Gasteiger partial charge on any atom is 0.135 e. The Balaban J connectivity index is 2.30. The molecule has 0 saturated heterocycles. The van der Waals surface area contributed by atoms with Crippen LogP contribution in [0.2, 0.25) is 15.2 Å². The second-order valence-corrected chi connectivity index (χ2v) is 4.21. The summed E-state index contributed by atoms with van der Waals surface area (Å²) in [7, 11) is 0. The summed E-state index contributed by atoms with van der Waals surface area (Å²) in [6.07, 6.45) is 1.36. The van der Waals surface area contributed by atoms with Gasteiger partial charge in [-0.05, 0) is 18.2 Å². The molecule has 0 amide bonds. The Morgan fingerprint density at radius 3 is 2.56 bits per heavy atom. The maximum atomic E-state index is 5.99. The molecule has 0 saturated carbocycles. The summed E-state index contributed by atoms with van der Waals surface area (Å²) >= 11 is 17.6. The molecule has 1 aromatic carbocycles. The van der Waals surface area contributed by atoms with Crippen LogP contribution in [0.15, 0.2) is 30.6 Å². The molecule has 2 aromatic rings. The molecule has 0 fully saturated rings. The monoisotopic (exact) mass is 273 g/mol. The molecule has 0 atom stereocenters. The van der Waals surface area contributed by atoms with E-state index in [4.69, 9.17) is 34.8 Å². The Bertz CT molecular complexity index is 516. The van der Waals surface area contributed by atoms with Crippen LogP contribution in [0.25, 0.3) is 0 Å². The van der Waals surface area contributed by atoms with Crippen molar-refractivity contribution in [2.24, 2.45) is 0 Å². The highest BCUT2D eigenvalue weighted by Crippen LogP contribution is 2.27. The Hall–Kier alpha value is -1.03. The lowest BCUT2D eigenvalue weighted by Gasteiger charge is -2.07. The molecule has 6 heteroatoms. The zero-order chi connectivity index (χ0) is 11.5. The van der Waals surface area contributed by atoms with E-state index in [-0.39, 0.29) is 0 Å². The van der Waals surface area contributed by atoms with Crippen molar-refractivity contribution >= 4 is 46.3 Å². The van der Waals surface area contributed by atoms with Crippen LogP contribution in [0.3, 0.4) is 0 Å². The Kier molecular flexibility index (Phi) is 3.49. The van der Waals surface area contributed by atoms with Crippen LogP contribution in [0.5, 0.6) is 0 Å². The summed E-state index contributed by atoms with van der Waals surface area (Å²) in [5.74, 6) is 0.559. The van der Waals surface area contributed by atoms with Gasteiger partial charge in [-0.2, -0.15) is 0 Å².